The summed E-state index contributed by atoms with van der Waals surface area (Å²) in [6.45, 7) is 0.986. The van der Waals surface area contributed by atoms with E-state index in [-0.39, 0.29) is 61.5 Å². The Balaban J connectivity index is 0.000000203. The first-order valence-corrected chi connectivity index (χ1v) is 23.1. The van der Waals surface area contributed by atoms with Crippen LogP contribution in [-0.2, 0) is 54.2 Å². The lowest BCUT2D eigenvalue weighted by Gasteiger charge is -2.72. The highest BCUT2D eigenvalue weighted by atomic mass is 35.5. The minimum Gasteiger partial charge on any atom is -0.481 e. The summed E-state index contributed by atoms with van der Waals surface area (Å²) in [6.07, 6.45) is -5.34. The number of aliphatic carboxylic acids is 1. The van der Waals surface area contributed by atoms with Crippen molar-refractivity contribution in [2.75, 3.05) is 22.9 Å². The number of rotatable bonds is 10. The van der Waals surface area contributed by atoms with Crippen LogP contribution in [0.15, 0.2) is 73.1 Å². The van der Waals surface area contributed by atoms with Crippen molar-refractivity contribution < 1.29 is 70.4 Å². The molecule has 4 heterocycles. The van der Waals surface area contributed by atoms with Gasteiger partial charge >= 0.3 is 18.3 Å². The zero-order chi connectivity index (χ0) is 53.4. The van der Waals surface area contributed by atoms with Crippen molar-refractivity contribution in [2.45, 2.75) is 97.3 Å². The van der Waals surface area contributed by atoms with Crippen LogP contribution in [0.4, 0.5) is 46.8 Å². The number of halogens is 11. The number of carbonyl (C=O) groups is 6. The van der Waals surface area contributed by atoms with Crippen molar-refractivity contribution in [1.29, 1.82) is 0 Å². The lowest BCUT2D eigenvalue weighted by molar-refractivity contribution is -0.244. The number of carbonyl (C=O) groups excluding carboxylic acids is 5. The number of pyridine rings is 2. The fourth-order valence-electron chi connectivity index (χ4n) is 11.3. The van der Waals surface area contributed by atoms with Crippen LogP contribution in [0.5, 0.6) is 0 Å². The molecule has 8 fully saturated rings. The van der Waals surface area contributed by atoms with Crippen LogP contribution in [0.1, 0.15) is 83.4 Å². The summed E-state index contributed by atoms with van der Waals surface area (Å²) in [5, 5.41) is 9.02. The number of alkyl halides is 6. The summed E-state index contributed by atoms with van der Waals surface area (Å²) < 4.78 is 113. The molecule has 4 bridgehead atoms. The molecule has 24 heteroatoms. The Bertz CT molecular complexity index is 2680. The van der Waals surface area contributed by atoms with Gasteiger partial charge in [-0.05, 0) is 97.7 Å². The van der Waals surface area contributed by atoms with Gasteiger partial charge in [0.05, 0.1) is 26.6 Å². The first kappa shape index (κ1) is 53.4. The first-order chi connectivity index (χ1) is 34.1. The number of carboxylic acids is 1. The maximum Gasteiger partial charge on any atom is 0.416 e. The van der Waals surface area contributed by atoms with Crippen LogP contribution < -0.4 is 9.80 Å². The molecule has 2 aliphatic heterocycles. The molecule has 0 spiro atoms. The third-order valence-electron chi connectivity index (χ3n) is 14.4. The molecule has 2 saturated heterocycles. The Labute approximate surface area is 428 Å². The Morgan fingerprint density at radius 2 is 1.00 bits per heavy atom. The lowest BCUT2D eigenvalue weighted by atomic mass is 9.33. The molecular formula is C49H45Cl3F8N6O7. The van der Waals surface area contributed by atoms with Gasteiger partial charge in [0.15, 0.2) is 23.3 Å². The Morgan fingerprint density at radius 3 is 1.29 bits per heavy atom. The van der Waals surface area contributed by atoms with E-state index in [4.69, 9.17) is 36.2 Å². The topological polar surface area (TPSA) is 161 Å². The van der Waals surface area contributed by atoms with Gasteiger partial charge in [0.25, 0.3) is 11.8 Å². The number of hydrogen-bond acceptors (Lipinski definition) is 8. The highest BCUT2D eigenvalue weighted by molar-refractivity contribution is 6.65. The minimum atomic E-state index is -4.52. The van der Waals surface area contributed by atoms with Gasteiger partial charge in [-0.2, -0.15) is 26.3 Å². The Morgan fingerprint density at radius 1 is 0.671 bits per heavy atom. The molecule has 4 amide bonds. The zero-order valence-corrected chi connectivity index (χ0v) is 39.9. The van der Waals surface area contributed by atoms with E-state index in [1.165, 1.54) is 34.1 Å². The van der Waals surface area contributed by atoms with Crippen LogP contribution >= 0.6 is 34.8 Å². The maximum absolute atomic E-state index is 14.6. The standard InChI is InChI=1S/C23H17Cl2F4N3O3.C23H18ClF4N3O4.C2H6.CH4/c24-14-5-15(26)18(30-6-14)32-8-16(33)31(7-12-1-3-13(4-2-12)23(27,28)29)17(19(32)34)21-9-22(10-21,11-21)20(25)35;24-14-5-15(25)18(29-6-14)31-8-16(32)30(7-12-1-3-13(4-2-12)23(26,27)28)17(19(31)33)21-9-22(10-21,11-21)20(34)35;1-2;/h1-6,17H,7-11H2;1-6,17H,7-11H2,(H,34,35);1-2H3;1H4/i;;1D;. The highest BCUT2D eigenvalue weighted by Crippen LogP contribution is 2.77. The van der Waals surface area contributed by atoms with Crippen molar-refractivity contribution in [1.82, 2.24) is 19.8 Å². The number of hydrogen-bond donors (Lipinski definition) is 1. The van der Waals surface area contributed by atoms with Gasteiger partial charge in [0, 0.05) is 43.1 Å². The molecule has 73 heavy (non-hydrogen) atoms. The van der Waals surface area contributed by atoms with Crippen LogP contribution in [0.25, 0.3) is 0 Å². The summed E-state index contributed by atoms with van der Waals surface area (Å²) in [6, 6.07) is 8.32. The second-order valence-electron chi connectivity index (χ2n) is 18.9. The van der Waals surface area contributed by atoms with E-state index in [0.717, 1.165) is 58.6 Å². The van der Waals surface area contributed by atoms with E-state index < -0.39 is 117 Å². The summed E-state index contributed by atoms with van der Waals surface area (Å²) in [5.74, 6) is -5.75. The van der Waals surface area contributed by atoms with Crippen LogP contribution in [-0.4, -0.2) is 84.9 Å². The van der Waals surface area contributed by atoms with Crippen molar-refractivity contribution in [3.8, 4) is 0 Å². The van der Waals surface area contributed by atoms with Crippen LogP contribution in [0, 0.1) is 33.3 Å². The molecule has 13 nitrogen and oxygen atoms in total. The van der Waals surface area contributed by atoms with Gasteiger partial charge in [-0.25, -0.2) is 18.7 Å². The van der Waals surface area contributed by atoms with Crippen molar-refractivity contribution >= 4 is 81.3 Å². The first-order valence-electron chi connectivity index (χ1n) is 22.7. The molecular weight excluding hydrogens is 1040 g/mol. The van der Waals surface area contributed by atoms with Crippen molar-refractivity contribution in [3.05, 3.63) is 117 Å². The van der Waals surface area contributed by atoms with Crippen LogP contribution in [0.2, 0.25) is 10.0 Å². The quantitative estimate of drug-likeness (QED) is 0.120. The van der Waals surface area contributed by atoms with E-state index in [1.807, 2.05) is 0 Å². The van der Waals surface area contributed by atoms with Crippen LogP contribution in [0.3, 0.4) is 0 Å². The van der Waals surface area contributed by atoms with Gasteiger partial charge < -0.3 is 14.9 Å². The predicted molar refractivity (Wildman–Crippen MR) is 249 cm³/mol. The largest absolute Gasteiger partial charge is 0.481 e. The zero-order valence-electron chi connectivity index (χ0n) is 38.6. The monoisotopic (exact) mass is 1090 g/mol. The molecule has 0 radical (unpaired) electrons. The van der Waals surface area contributed by atoms with E-state index in [0.29, 0.717) is 37.3 Å². The molecule has 8 aliphatic rings. The molecule has 4 aromatic rings. The molecule has 6 saturated carbocycles. The van der Waals surface area contributed by atoms with Crippen molar-refractivity contribution in [3.63, 3.8) is 0 Å². The van der Waals surface area contributed by atoms with Gasteiger partial charge in [0.1, 0.15) is 25.2 Å². The number of aromatic nitrogens is 2. The van der Waals surface area contributed by atoms with Gasteiger partial charge in [-0.15, -0.1) is 0 Å². The minimum absolute atomic E-state index is 0. The molecule has 2 aromatic carbocycles. The maximum atomic E-state index is 14.6. The fourth-order valence-corrected chi connectivity index (χ4v) is 11.8. The summed E-state index contributed by atoms with van der Waals surface area (Å²) in [7, 11) is 0. The second kappa shape index (κ2) is 19.4. The van der Waals surface area contributed by atoms with E-state index in [9.17, 15) is 69.0 Å². The molecule has 6 aliphatic carbocycles. The number of nitrogens with zero attached hydrogens (tertiary/aromatic N) is 6. The lowest BCUT2D eigenvalue weighted by Crippen LogP contribution is -2.77. The van der Waals surface area contributed by atoms with Gasteiger partial charge in [-0.1, -0.05) is 68.7 Å². The molecule has 2 aromatic heterocycles. The number of amides is 4. The third-order valence-corrected chi connectivity index (χ3v) is 15.2. The Hall–Kier alpha value is -5.93. The molecule has 390 valence electrons. The summed E-state index contributed by atoms with van der Waals surface area (Å²) in [5.41, 5.74) is -4.15. The molecule has 12 rings (SSSR count). The highest BCUT2D eigenvalue weighted by Gasteiger charge is 2.78. The molecule has 1 N–H and O–H groups in total. The fraction of sp³-hybridized carbons (Fsp3) is 0.429. The smallest absolute Gasteiger partial charge is 0.416 e. The number of benzene rings is 2. The number of piperazine rings is 2. The average Bonchev–Trinajstić information content (AvgIpc) is 3.24. The van der Waals surface area contributed by atoms with Gasteiger partial charge in [0.2, 0.25) is 17.1 Å². The number of anilines is 2. The van der Waals surface area contributed by atoms with E-state index >= 15 is 0 Å². The molecule has 2 unspecified atom stereocenters. The summed E-state index contributed by atoms with van der Waals surface area (Å²) >= 11 is 17.2. The second-order valence-corrected chi connectivity index (χ2v) is 20.1. The Kier molecular flexibility index (Phi) is 14.2. The summed E-state index contributed by atoms with van der Waals surface area (Å²) in [4.78, 5) is 89.4. The van der Waals surface area contributed by atoms with Crippen molar-refractivity contribution in [2.24, 2.45) is 21.7 Å². The predicted octanol–water partition coefficient (Wildman–Crippen LogP) is 10.1. The van der Waals surface area contributed by atoms with Gasteiger partial charge in [-0.3, -0.25) is 38.6 Å². The normalized spacial score (nSPS) is 27.1. The van der Waals surface area contributed by atoms with E-state index in [2.05, 4.69) is 9.97 Å². The SMILES string of the molecule is C.O=C1C(C23CC(C(=O)Cl)(C2)C3)N(Cc2ccc(C(F)(F)F)cc2)C(=O)CN1c1ncc(Cl)cc1F.O=C1C(C23CC(C(=O)O)(C2)C3)N(Cc2ccc(C(F)(F)F)cc2)C(=O)CN1c1ncc(Cl)cc1F.[2H]CC. The number of carboxylic acid groups (broad SMARTS) is 1. The van der Waals surface area contributed by atoms with E-state index in [1.54, 1.807) is 6.92 Å². The molecule has 2 atom stereocenters. The average molecular weight is 1090 g/mol. The third kappa shape index (κ3) is 9.60.